The first-order valence-corrected chi connectivity index (χ1v) is 24.9. The van der Waals surface area contributed by atoms with E-state index < -0.39 is 66.9 Å². The number of amides is 6. The molecule has 1 radical (unpaired) electrons. The van der Waals surface area contributed by atoms with E-state index in [1.54, 1.807) is 60.4 Å². The number of hydrogen-bond acceptors (Lipinski definition) is 15. The average molecular weight is 1190 g/mol. The monoisotopic (exact) mass is 1190 g/mol. The van der Waals surface area contributed by atoms with E-state index in [0.29, 0.717) is 29.1 Å². The van der Waals surface area contributed by atoms with Gasteiger partial charge >= 0.3 is 30.0 Å². The van der Waals surface area contributed by atoms with Gasteiger partial charge in [0.1, 0.15) is 23.9 Å². The smallest absolute Gasteiger partial charge is 0.407 e. The van der Waals surface area contributed by atoms with E-state index in [-0.39, 0.29) is 140 Å². The summed E-state index contributed by atoms with van der Waals surface area (Å²) < 4.78 is 11.4. The summed E-state index contributed by atoms with van der Waals surface area (Å²) in [5.74, 6) is -5.32. The van der Waals surface area contributed by atoms with Gasteiger partial charge in [0, 0.05) is 91.5 Å². The molecule has 0 aliphatic rings. The minimum atomic E-state index is -1.27. The number of halogens is 2. The number of benzene rings is 4. The van der Waals surface area contributed by atoms with Crippen LogP contribution in [-0.4, -0.2) is 191 Å². The Hall–Kier alpha value is -7.43. The summed E-state index contributed by atoms with van der Waals surface area (Å²) in [6.07, 6.45) is -1.04. The number of phenols is 2. The van der Waals surface area contributed by atoms with Gasteiger partial charge in [0.05, 0.1) is 48.5 Å². The molecule has 0 aliphatic heterocycles. The van der Waals surface area contributed by atoms with Crippen molar-refractivity contribution >= 4 is 76.6 Å². The third kappa shape index (κ3) is 24.4. The number of carboxylic acid groups (broad SMARTS) is 4. The normalized spacial score (nSPS) is 11.2. The van der Waals surface area contributed by atoms with Crippen LogP contribution in [0.3, 0.4) is 0 Å². The van der Waals surface area contributed by atoms with Crippen LogP contribution in [0.4, 0.5) is 15.3 Å². The van der Waals surface area contributed by atoms with E-state index in [4.69, 9.17) is 37.8 Å². The molecule has 0 aromatic heterocycles. The van der Waals surface area contributed by atoms with Crippen molar-refractivity contribution in [1.29, 1.82) is 0 Å². The van der Waals surface area contributed by atoms with Gasteiger partial charge in [-0.25, -0.2) is 16.1 Å². The molecule has 4 aromatic rings. The fourth-order valence-electron chi connectivity index (χ4n) is 7.46. The SMILES string of the molecule is CCN(CCN(CCN(CC(=O)O)C(CNCC(=O)O)Cc1ccc(NC(=O)NCCOCCOc2cccc(CNC(=O)c3cc(Cl)c(C(=O)N[CH-]CNC(=O)c4cc(O)cc(O)c4)c(Cl)c3)c2)cc1)C(=O)O)CC(=O)O.[Co]. The Morgan fingerprint density at radius 1 is 0.684 bits per heavy atom. The van der Waals surface area contributed by atoms with Gasteiger partial charge in [-0.15, -0.1) is 0 Å². The first kappa shape index (κ1) is 65.8. The molecule has 0 saturated carbocycles. The van der Waals surface area contributed by atoms with Crippen LogP contribution in [0.25, 0.3) is 0 Å². The summed E-state index contributed by atoms with van der Waals surface area (Å²) in [6, 6.07) is 18.5. The molecule has 28 heteroatoms. The predicted octanol–water partition coefficient (Wildman–Crippen LogP) is 3.23. The molecule has 0 saturated heterocycles. The number of carboxylic acids is 3. The molecule has 6 amide bonds. The van der Waals surface area contributed by atoms with Crippen molar-refractivity contribution in [3.8, 4) is 17.2 Å². The molecule has 25 nitrogen and oxygen atoms in total. The van der Waals surface area contributed by atoms with Crippen molar-refractivity contribution in [2.24, 2.45) is 0 Å². The fraction of sp³-hybridized carbons (Fsp3) is 0.353. The number of carbonyl (C=O) groups excluding carboxylic acids is 4. The van der Waals surface area contributed by atoms with Gasteiger partial charge in [0.25, 0.3) is 5.91 Å². The van der Waals surface area contributed by atoms with Crippen LogP contribution in [0, 0.1) is 6.54 Å². The molecule has 0 aliphatic carbocycles. The number of rotatable bonds is 34. The summed E-state index contributed by atoms with van der Waals surface area (Å²) in [5, 5.41) is 72.8. The molecule has 4 rings (SSSR count). The van der Waals surface area contributed by atoms with Crippen LogP contribution in [0.5, 0.6) is 17.2 Å². The number of anilines is 1. The van der Waals surface area contributed by atoms with Crippen molar-refractivity contribution in [2.75, 3.05) is 97.1 Å². The molecule has 0 heterocycles. The van der Waals surface area contributed by atoms with E-state index in [1.165, 1.54) is 23.6 Å². The molecule has 431 valence electrons. The Balaban J connectivity index is 0.0000164. The third-order valence-electron chi connectivity index (χ3n) is 11.3. The van der Waals surface area contributed by atoms with Crippen molar-refractivity contribution in [3.63, 3.8) is 0 Å². The van der Waals surface area contributed by atoms with Gasteiger partial charge in [-0.3, -0.25) is 38.6 Å². The van der Waals surface area contributed by atoms with Gasteiger partial charge in [-0.2, -0.15) is 0 Å². The standard InChI is InChI=1S/C51H62Cl2N9O16.Co/c1-2-60(30-44(67)68)13-14-61(51(75)76)15-16-62(31-45(69)70)37(28-54-29-43(65)66)20-32-6-8-36(9-7-32)59-50(74)57-12-17-77-18-19-78-40-5-3-4-33(21-40)27-58-48(72)35-24-41(52)46(42(53)25-35)49(73)56-11-10-55-47(71)34-22-38(63)26-39(64)23-34;/h3-9,11,21-26,37,54,63-64H,2,10,12-20,27-31H2,1H3,(H,55,71)(H,56,73)(H,58,72)(H,65,66)(H,67,68)(H,69,70)(H,75,76)(H2,57,59,74);/q-1;. The zero-order valence-corrected chi connectivity index (χ0v) is 45.2. The second-order valence-electron chi connectivity index (χ2n) is 17.1. The van der Waals surface area contributed by atoms with E-state index >= 15 is 0 Å². The molecule has 0 bridgehead atoms. The first-order valence-electron chi connectivity index (χ1n) is 24.2. The molecule has 1 atom stereocenters. The number of aromatic hydroxyl groups is 2. The maximum Gasteiger partial charge on any atom is 0.407 e. The topological polar surface area (TPSA) is 358 Å². The van der Waals surface area contributed by atoms with Crippen LogP contribution in [0.15, 0.2) is 78.9 Å². The second kappa shape index (κ2) is 34.4. The summed E-state index contributed by atoms with van der Waals surface area (Å²) in [5.41, 5.74) is 1.84. The summed E-state index contributed by atoms with van der Waals surface area (Å²) in [4.78, 5) is 101. The van der Waals surface area contributed by atoms with Crippen molar-refractivity contribution < 1.29 is 95.2 Å². The van der Waals surface area contributed by atoms with Crippen LogP contribution in [0.1, 0.15) is 49.1 Å². The number of phenolic OH excluding ortho intramolecular Hbond substituents is 2. The maximum atomic E-state index is 13.0. The molecular formula is C51H62Cl2CoN9O16-. The largest absolute Gasteiger partial charge is 0.508 e. The molecule has 12 N–H and O–H groups in total. The number of hydrogen-bond donors (Lipinski definition) is 12. The third-order valence-corrected chi connectivity index (χ3v) is 11.9. The van der Waals surface area contributed by atoms with Crippen molar-refractivity contribution in [2.45, 2.75) is 25.9 Å². The number of likely N-dealkylation sites (N-methyl/N-ethyl adjacent to an activating group) is 1. The molecular weight excluding hydrogens is 1120 g/mol. The van der Waals surface area contributed by atoms with Crippen LogP contribution < -0.4 is 36.6 Å². The zero-order chi connectivity index (χ0) is 57.1. The summed E-state index contributed by atoms with van der Waals surface area (Å²) >= 11 is 12.7. The Labute approximate surface area is 474 Å². The van der Waals surface area contributed by atoms with E-state index in [1.807, 2.05) is 0 Å². The summed E-state index contributed by atoms with van der Waals surface area (Å²) in [6.45, 7) is 2.88. The maximum absolute atomic E-state index is 13.0. The number of nitrogens with zero attached hydrogens (tertiary/aromatic N) is 3. The minimum Gasteiger partial charge on any atom is -0.508 e. The van der Waals surface area contributed by atoms with Gasteiger partial charge in [-0.05, 0) is 72.6 Å². The minimum absolute atomic E-state index is 0. The van der Waals surface area contributed by atoms with Gasteiger partial charge < -0.3 is 76.9 Å². The first-order chi connectivity index (χ1) is 37.2. The summed E-state index contributed by atoms with van der Waals surface area (Å²) in [7, 11) is 0. The van der Waals surface area contributed by atoms with Crippen LogP contribution in [0.2, 0.25) is 10.0 Å². The molecule has 0 spiro atoms. The van der Waals surface area contributed by atoms with Crippen molar-refractivity contribution in [3.05, 3.63) is 123 Å². The van der Waals surface area contributed by atoms with Gasteiger partial charge in [-0.1, -0.05) is 60.9 Å². The number of carbonyl (C=O) groups is 8. The average Bonchev–Trinajstić information content (AvgIpc) is 3.38. The number of ether oxygens (including phenoxy) is 2. The Morgan fingerprint density at radius 3 is 1.96 bits per heavy atom. The zero-order valence-electron chi connectivity index (χ0n) is 42.7. The molecule has 0 fully saturated rings. The molecule has 1 unspecified atom stereocenters. The van der Waals surface area contributed by atoms with Gasteiger partial charge in [0.2, 0.25) is 11.8 Å². The Kier molecular flexibility index (Phi) is 28.7. The Bertz CT molecular complexity index is 2670. The van der Waals surface area contributed by atoms with Crippen LogP contribution in [-0.2, 0) is 48.9 Å². The molecule has 4 aromatic carbocycles. The van der Waals surface area contributed by atoms with E-state index in [0.717, 1.165) is 23.1 Å². The number of urea groups is 1. The number of aliphatic carboxylic acids is 3. The van der Waals surface area contributed by atoms with Gasteiger partial charge in [0.15, 0.2) is 0 Å². The Morgan fingerprint density at radius 2 is 1.33 bits per heavy atom. The van der Waals surface area contributed by atoms with E-state index in [9.17, 15) is 63.9 Å². The molecule has 79 heavy (non-hydrogen) atoms. The second-order valence-corrected chi connectivity index (χ2v) is 17.9. The quantitative estimate of drug-likeness (QED) is 0.0236. The predicted molar refractivity (Wildman–Crippen MR) is 284 cm³/mol. The number of nitrogens with one attached hydrogen (secondary N) is 6. The van der Waals surface area contributed by atoms with E-state index in [2.05, 4.69) is 31.9 Å². The fourth-order valence-corrected chi connectivity index (χ4v) is 8.12. The van der Waals surface area contributed by atoms with Crippen LogP contribution >= 0.6 is 23.2 Å². The van der Waals surface area contributed by atoms with Crippen molar-refractivity contribution in [1.82, 2.24) is 41.3 Å².